The fraction of sp³-hybridized carbons (Fsp3) is 0.533. The van der Waals surface area contributed by atoms with Gasteiger partial charge in [-0.15, -0.1) is 0 Å². The fourth-order valence-electron chi connectivity index (χ4n) is 3.85. The van der Waals surface area contributed by atoms with Gasteiger partial charge in [0, 0.05) is 5.56 Å². The van der Waals surface area contributed by atoms with Gasteiger partial charge in [-0.1, -0.05) is 13.8 Å². The van der Waals surface area contributed by atoms with E-state index in [0.29, 0.717) is 23.3 Å². The highest BCUT2D eigenvalue weighted by atomic mass is 16.4. The third-order valence-electron chi connectivity index (χ3n) is 4.72. The zero-order valence-corrected chi connectivity index (χ0v) is 10.7. The maximum atomic E-state index is 11.3. The summed E-state index contributed by atoms with van der Waals surface area (Å²) in [5, 5.41) is 19.4. The minimum Gasteiger partial charge on any atom is -0.508 e. The average Bonchev–Trinajstić information content (AvgIpc) is 2.63. The number of phenolic OH excluding ortho intramolecular Hbond substituents is 1. The number of carbonyl (C=O) groups is 1. The molecule has 1 aromatic rings. The highest BCUT2D eigenvalue weighted by Gasteiger charge is 2.39. The van der Waals surface area contributed by atoms with E-state index >= 15 is 0 Å². The van der Waals surface area contributed by atoms with Crippen LogP contribution in [-0.4, -0.2) is 16.2 Å². The van der Waals surface area contributed by atoms with Crippen LogP contribution < -0.4 is 0 Å². The molecule has 96 valence electrons. The molecule has 2 N–H and O–H groups in total. The number of carboxylic acid groups (broad SMARTS) is 1. The Bertz CT molecular complexity index is 533. The molecular formula is C15H18O3. The molecule has 3 rings (SSSR count). The molecule has 0 amide bonds. The third-order valence-corrected chi connectivity index (χ3v) is 4.72. The molecule has 18 heavy (non-hydrogen) atoms. The van der Waals surface area contributed by atoms with Crippen LogP contribution in [-0.2, 0) is 6.42 Å². The van der Waals surface area contributed by atoms with Crippen LogP contribution in [0.3, 0.4) is 0 Å². The van der Waals surface area contributed by atoms with Crippen molar-refractivity contribution in [1.82, 2.24) is 0 Å². The average molecular weight is 246 g/mol. The van der Waals surface area contributed by atoms with Crippen LogP contribution in [0.2, 0.25) is 0 Å². The number of aromatic carboxylic acids is 1. The Morgan fingerprint density at radius 1 is 1.28 bits per heavy atom. The Labute approximate surface area is 106 Å². The van der Waals surface area contributed by atoms with Gasteiger partial charge in [-0.25, -0.2) is 4.79 Å². The minimum atomic E-state index is -0.922. The Morgan fingerprint density at radius 3 is 2.67 bits per heavy atom. The lowest BCUT2D eigenvalue weighted by atomic mass is 9.75. The van der Waals surface area contributed by atoms with Crippen molar-refractivity contribution in [2.24, 2.45) is 5.92 Å². The van der Waals surface area contributed by atoms with E-state index in [2.05, 4.69) is 13.8 Å². The van der Waals surface area contributed by atoms with Gasteiger partial charge in [-0.2, -0.15) is 0 Å². The van der Waals surface area contributed by atoms with Crippen molar-refractivity contribution < 1.29 is 15.0 Å². The SMILES string of the molecule is C[C@H]1CC[C@@H]2c3c(c(C(=O)O)cc(O)c31)C[C@@H]2C. The van der Waals surface area contributed by atoms with E-state index in [1.54, 1.807) is 0 Å². The lowest BCUT2D eigenvalue weighted by Crippen LogP contribution is -2.15. The number of benzene rings is 1. The molecular weight excluding hydrogens is 228 g/mol. The molecule has 0 spiro atoms. The van der Waals surface area contributed by atoms with Gasteiger partial charge in [0.25, 0.3) is 0 Å². The van der Waals surface area contributed by atoms with Crippen LogP contribution in [0.15, 0.2) is 6.07 Å². The number of hydrogen-bond donors (Lipinski definition) is 2. The Hall–Kier alpha value is -1.51. The predicted molar refractivity (Wildman–Crippen MR) is 68.3 cm³/mol. The van der Waals surface area contributed by atoms with Gasteiger partial charge >= 0.3 is 5.97 Å². The smallest absolute Gasteiger partial charge is 0.336 e. The first-order chi connectivity index (χ1) is 8.50. The summed E-state index contributed by atoms with van der Waals surface area (Å²) in [4.78, 5) is 11.3. The first-order valence-corrected chi connectivity index (χ1v) is 6.62. The molecule has 3 atom stereocenters. The van der Waals surface area contributed by atoms with Crippen LogP contribution >= 0.6 is 0 Å². The highest BCUT2D eigenvalue weighted by molar-refractivity contribution is 5.91. The first-order valence-electron chi connectivity index (χ1n) is 6.62. The summed E-state index contributed by atoms with van der Waals surface area (Å²) in [5.41, 5.74) is 3.43. The second-order valence-electron chi connectivity index (χ2n) is 5.82. The number of phenols is 1. The van der Waals surface area contributed by atoms with Gasteiger partial charge in [0.05, 0.1) is 5.56 Å². The van der Waals surface area contributed by atoms with Gasteiger partial charge < -0.3 is 10.2 Å². The molecule has 3 heteroatoms. The van der Waals surface area contributed by atoms with E-state index in [4.69, 9.17) is 0 Å². The molecule has 1 aromatic carbocycles. The van der Waals surface area contributed by atoms with E-state index in [0.717, 1.165) is 36.0 Å². The standard InChI is InChI=1S/C15H18O3/c1-7-3-4-9-8(2)5-10-11(15(17)18)6-12(16)13(7)14(9)10/h6-9,16H,3-5H2,1-2H3,(H,17,18)/t7-,8-,9-/m0/s1. The van der Waals surface area contributed by atoms with Crippen molar-refractivity contribution in [2.75, 3.05) is 0 Å². The van der Waals surface area contributed by atoms with E-state index in [1.165, 1.54) is 6.07 Å². The van der Waals surface area contributed by atoms with Gasteiger partial charge in [-0.3, -0.25) is 0 Å². The van der Waals surface area contributed by atoms with Crippen LogP contribution in [0, 0.1) is 5.92 Å². The van der Waals surface area contributed by atoms with Crippen LogP contribution in [0.4, 0.5) is 0 Å². The van der Waals surface area contributed by atoms with Crippen molar-refractivity contribution in [2.45, 2.75) is 44.9 Å². The highest BCUT2D eigenvalue weighted by Crippen LogP contribution is 2.53. The summed E-state index contributed by atoms with van der Waals surface area (Å²) in [7, 11) is 0. The van der Waals surface area contributed by atoms with Crippen molar-refractivity contribution in [3.63, 3.8) is 0 Å². The lowest BCUT2D eigenvalue weighted by Gasteiger charge is -2.30. The number of carboxylic acids is 1. The molecule has 0 fully saturated rings. The Morgan fingerprint density at radius 2 is 2.00 bits per heavy atom. The van der Waals surface area contributed by atoms with Crippen molar-refractivity contribution in [3.8, 4) is 5.75 Å². The number of aromatic hydroxyl groups is 1. The normalized spacial score (nSPS) is 29.1. The largest absolute Gasteiger partial charge is 0.508 e. The summed E-state index contributed by atoms with van der Waals surface area (Å²) in [6, 6.07) is 1.45. The first kappa shape index (κ1) is 11.6. The summed E-state index contributed by atoms with van der Waals surface area (Å²) in [6.45, 7) is 4.31. The molecule has 0 aliphatic heterocycles. The molecule has 2 aliphatic carbocycles. The molecule has 0 unspecified atom stereocenters. The summed E-state index contributed by atoms with van der Waals surface area (Å²) in [6.07, 6.45) is 3.04. The second kappa shape index (κ2) is 3.74. The van der Waals surface area contributed by atoms with E-state index < -0.39 is 5.97 Å². The fourth-order valence-corrected chi connectivity index (χ4v) is 3.85. The molecule has 0 saturated heterocycles. The summed E-state index contributed by atoms with van der Waals surface area (Å²) >= 11 is 0. The summed E-state index contributed by atoms with van der Waals surface area (Å²) < 4.78 is 0. The van der Waals surface area contributed by atoms with Crippen molar-refractivity contribution >= 4 is 5.97 Å². The maximum absolute atomic E-state index is 11.3. The Balaban J connectivity index is 2.30. The van der Waals surface area contributed by atoms with Crippen molar-refractivity contribution in [1.29, 1.82) is 0 Å². The number of hydrogen-bond acceptors (Lipinski definition) is 2. The van der Waals surface area contributed by atoms with Crippen molar-refractivity contribution in [3.05, 3.63) is 28.3 Å². The topological polar surface area (TPSA) is 57.5 Å². The molecule has 0 heterocycles. The zero-order valence-electron chi connectivity index (χ0n) is 10.7. The molecule has 2 aliphatic rings. The molecule has 3 nitrogen and oxygen atoms in total. The van der Waals surface area contributed by atoms with Gasteiger partial charge in [0.15, 0.2) is 0 Å². The molecule has 0 saturated carbocycles. The third kappa shape index (κ3) is 1.39. The number of rotatable bonds is 1. The molecule has 0 radical (unpaired) electrons. The van der Waals surface area contributed by atoms with E-state index in [1.807, 2.05) is 0 Å². The quantitative estimate of drug-likeness (QED) is 0.799. The minimum absolute atomic E-state index is 0.178. The zero-order chi connectivity index (χ0) is 13.0. The van der Waals surface area contributed by atoms with Gasteiger partial charge in [0.2, 0.25) is 0 Å². The second-order valence-corrected chi connectivity index (χ2v) is 5.82. The van der Waals surface area contributed by atoms with Crippen LogP contribution in [0.25, 0.3) is 0 Å². The maximum Gasteiger partial charge on any atom is 0.336 e. The predicted octanol–water partition coefficient (Wildman–Crippen LogP) is 3.26. The van der Waals surface area contributed by atoms with Crippen LogP contribution in [0.1, 0.15) is 65.6 Å². The monoisotopic (exact) mass is 246 g/mol. The Kier molecular flexibility index (Phi) is 2.40. The van der Waals surface area contributed by atoms with E-state index in [-0.39, 0.29) is 5.75 Å². The summed E-state index contributed by atoms with van der Waals surface area (Å²) in [5.74, 6) is 0.525. The van der Waals surface area contributed by atoms with E-state index in [9.17, 15) is 15.0 Å². The van der Waals surface area contributed by atoms with Gasteiger partial charge in [-0.05, 0) is 54.2 Å². The molecule has 0 bridgehead atoms. The lowest BCUT2D eigenvalue weighted by molar-refractivity contribution is 0.0695. The molecule has 0 aromatic heterocycles. The van der Waals surface area contributed by atoms with Gasteiger partial charge in [0.1, 0.15) is 5.75 Å². The van der Waals surface area contributed by atoms with Crippen LogP contribution in [0.5, 0.6) is 5.75 Å².